The van der Waals surface area contributed by atoms with Gasteiger partial charge in [-0.2, -0.15) is 0 Å². The van der Waals surface area contributed by atoms with Gasteiger partial charge >= 0.3 is 0 Å². The maximum atomic E-state index is 12.6. The predicted molar refractivity (Wildman–Crippen MR) is 101 cm³/mol. The van der Waals surface area contributed by atoms with Crippen molar-refractivity contribution >= 4 is 29.9 Å². The van der Waals surface area contributed by atoms with Gasteiger partial charge in [-0.25, -0.2) is 0 Å². The highest BCUT2D eigenvalue weighted by atomic mass is 35.5. The highest BCUT2D eigenvalue weighted by molar-refractivity contribution is 6.09. The number of carbonyl (C=O) groups is 2. The third-order valence-electron chi connectivity index (χ3n) is 4.09. The molecule has 132 valence electrons. The summed E-state index contributed by atoms with van der Waals surface area (Å²) in [5.74, 6) is -0.386. The van der Waals surface area contributed by atoms with Crippen LogP contribution in [0.3, 0.4) is 0 Å². The van der Waals surface area contributed by atoms with Crippen molar-refractivity contribution < 1.29 is 9.59 Å². The summed E-state index contributed by atoms with van der Waals surface area (Å²) in [4.78, 5) is 24.9. The monoisotopic (exact) mass is 359 g/mol. The molecule has 25 heavy (non-hydrogen) atoms. The third kappa shape index (κ3) is 5.05. The minimum atomic E-state index is -0.227. The SMILES string of the molecule is Cl.O=C(Nc1ccccc1C(=O)N[C@H]1CCCNC1)c1ccccc1. The Morgan fingerprint density at radius 3 is 2.40 bits per heavy atom. The number of anilines is 1. The van der Waals surface area contributed by atoms with Crippen molar-refractivity contribution in [3.05, 3.63) is 65.7 Å². The quantitative estimate of drug-likeness (QED) is 0.786. The molecule has 0 spiro atoms. The second-order valence-electron chi connectivity index (χ2n) is 5.88. The Hall–Kier alpha value is -2.37. The van der Waals surface area contributed by atoms with Gasteiger partial charge in [0.1, 0.15) is 0 Å². The van der Waals surface area contributed by atoms with Crippen LogP contribution in [0.2, 0.25) is 0 Å². The van der Waals surface area contributed by atoms with E-state index in [-0.39, 0.29) is 30.3 Å². The minimum absolute atomic E-state index is 0. The van der Waals surface area contributed by atoms with E-state index in [1.165, 1.54) is 0 Å². The van der Waals surface area contributed by atoms with E-state index in [1.807, 2.05) is 18.2 Å². The molecule has 1 aliphatic heterocycles. The Bertz CT molecular complexity index is 716. The van der Waals surface area contributed by atoms with Crippen molar-refractivity contribution in [1.82, 2.24) is 10.6 Å². The number of piperidine rings is 1. The number of amides is 2. The topological polar surface area (TPSA) is 70.2 Å². The molecule has 1 saturated heterocycles. The first kappa shape index (κ1) is 19.0. The standard InChI is InChI=1S/C19H21N3O2.ClH/c23-18(14-7-2-1-3-8-14)22-17-11-5-4-10-16(17)19(24)21-15-9-6-12-20-13-15;/h1-5,7-8,10-11,15,20H,6,9,12-13H2,(H,21,24)(H,22,23);1H/t15-;/m0./s1. The second kappa shape index (κ2) is 9.20. The minimum Gasteiger partial charge on any atom is -0.348 e. The normalized spacial score (nSPS) is 16.4. The van der Waals surface area contributed by atoms with Crippen LogP contribution in [0.15, 0.2) is 54.6 Å². The number of nitrogens with one attached hydrogen (secondary N) is 3. The highest BCUT2D eigenvalue weighted by Gasteiger charge is 2.19. The molecule has 0 saturated carbocycles. The van der Waals surface area contributed by atoms with Crippen LogP contribution in [-0.4, -0.2) is 30.9 Å². The van der Waals surface area contributed by atoms with Crippen LogP contribution in [0.4, 0.5) is 5.69 Å². The lowest BCUT2D eigenvalue weighted by molar-refractivity contribution is 0.0931. The van der Waals surface area contributed by atoms with Gasteiger partial charge in [0, 0.05) is 18.2 Å². The molecule has 0 bridgehead atoms. The van der Waals surface area contributed by atoms with Gasteiger partial charge in [0.25, 0.3) is 11.8 Å². The summed E-state index contributed by atoms with van der Waals surface area (Å²) in [6.45, 7) is 1.78. The Morgan fingerprint density at radius 2 is 1.68 bits per heavy atom. The first-order chi connectivity index (χ1) is 11.7. The number of halogens is 1. The van der Waals surface area contributed by atoms with Crippen molar-refractivity contribution in [3.8, 4) is 0 Å². The number of benzene rings is 2. The third-order valence-corrected chi connectivity index (χ3v) is 4.09. The van der Waals surface area contributed by atoms with Gasteiger partial charge in [0.15, 0.2) is 0 Å². The Kier molecular flexibility index (Phi) is 6.98. The molecule has 5 nitrogen and oxygen atoms in total. The molecule has 2 aromatic carbocycles. The molecule has 1 heterocycles. The van der Waals surface area contributed by atoms with Crippen molar-refractivity contribution in [2.24, 2.45) is 0 Å². The lowest BCUT2D eigenvalue weighted by atomic mass is 10.1. The van der Waals surface area contributed by atoms with Crippen molar-refractivity contribution in [2.75, 3.05) is 18.4 Å². The van der Waals surface area contributed by atoms with Gasteiger partial charge < -0.3 is 16.0 Å². The summed E-state index contributed by atoms with van der Waals surface area (Å²) in [7, 11) is 0. The van der Waals surface area contributed by atoms with Crippen LogP contribution in [0.5, 0.6) is 0 Å². The summed E-state index contributed by atoms with van der Waals surface area (Å²) < 4.78 is 0. The zero-order chi connectivity index (χ0) is 16.8. The summed E-state index contributed by atoms with van der Waals surface area (Å²) >= 11 is 0. The van der Waals surface area contributed by atoms with E-state index in [4.69, 9.17) is 0 Å². The lowest BCUT2D eigenvalue weighted by Gasteiger charge is -2.24. The molecular formula is C19H22ClN3O2. The fourth-order valence-electron chi connectivity index (χ4n) is 2.81. The molecule has 2 aromatic rings. The van der Waals surface area contributed by atoms with E-state index in [0.717, 1.165) is 25.9 Å². The van der Waals surface area contributed by atoms with Gasteiger partial charge in [0.05, 0.1) is 11.3 Å². The molecule has 6 heteroatoms. The maximum absolute atomic E-state index is 12.6. The number of hydrogen-bond acceptors (Lipinski definition) is 3. The van der Waals surface area contributed by atoms with Crippen LogP contribution in [0.1, 0.15) is 33.6 Å². The molecule has 0 aromatic heterocycles. The number of hydrogen-bond donors (Lipinski definition) is 3. The first-order valence-electron chi connectivity index (χ1n) is 8.21. The van der Waals surface area contributed by atoms with Gasteiger partial charge in [0.2, 0.25) is 0 Å². The van der Waals surface area contributed by atoms with Gasteiger partial charge in [-0.3, -0.25) is 9.59 Å². The van der Waals surface area contributed by atoms with Crippen LogP contribution >= 0.6 is 12.4 Å². The van der Waals surface area contributed by atoms with E-state index < -0.39 is 0 Å². The second-order valence-corrected chi connectivity index (χ2v) is 5.88. The Morgan fingerprint density at radius 1 is 0.960 bits per heavy atom. The summed E-state index contributed by atoms with van der Waals surface area (Å²) in [5.41, 5.74) is 1.56. The van der Waals surface area contributed by atoms with Gasteiger partial charge in [-0.05, 0) is 43.7 Å². The summed E-state index contributed by atoms with van der Waals surface area (Å²) in [6.07, 6.45) is 2.02. The van der Waals surface area contributed by atoms with Crippen molar-refractivity contribution in [2.45, 2.75) is 18.9 Å². The van der Waals surface area contributed by atoms with E-state index in [2.05, 4.69) is 16.0 Å². The molecule has 3 N–H and O–H groups in total. The Balaban J connectivity index is 0.00000225. The van der Waals surface area contributed by atoms with Crippen LogP contribution in [0, 0.1) is 0 Å². The number of carbonyl (C=O) groups excluding carboxylic acids is 2. The van der Waals surface area contributed by atoms with E-state index in [0.29, 0.717) is 16.8 Å². The number of rotatable bonds is 4. The molecule has 0 unspecified atom stereocenters. The van der Waals surface area contributed by atoms with Crippen LogP contribution < -0.4 is 16.0 Å². The number of para-hydroxylation sites is 1. The van der Waals surface area contributed by atoms with E-state index in [9.17, 15) is 9.59 Å². The summed E-state index contributed by atoms with van der Waals surface area (Å²) in [6, 6.07) is 16.2. The highest BCUT2D eigenvalue weighted by Crippen LogP contribution is 2.17. The van der Waals surface area contributed by atoms with E-state index >= 15 is 0 Å². The largest absolute Gasteiger partial charge is 0.348 e. The smallest absolute Gasteiger partial charge is 0.255 e. The molecule has 3 rings (SSSR count). The summed E-state index contributed by atoms with van der Waals surface area (Å²) in [5, 5.41) is 9.14. The van der Waals surface area contributed by atoms with Crippen LogP contribution in [0.25, 0.3) is 0 Å². The molecule has 2 amide bonds. The molecule has 0 radical (unpaired) electrons. The van der Waals surface area contributed by atoms with E-state index in [1.54, 1.807) is 36.4 Å². The lowest BCUT2D eigenvalue weighted by Crippen LogP contribution is -2.45. The fraction of sp³-hybridized carbons (Fsp3) is 0.263. The predicted octanol–water partition coefficient (Wildman–Crippen LogP) is 2.84. The van der Waals surface area contributed by atoms with Crippen molar-refractivity contribution in [1.29, 1.82) is 0 Å². The van der Waals surface area contributed by atoms with Gasteiger partial charge in [-0.15, -0.1) is 12.4 Å². The Labute approximate surface area is 153 Å². The molecule has 1 atom stereocenters. The van der Waals surface area contributed by atoms with Crippen LogP contribution in [-0.2, 0) is 0 Å². The average molecular weight is 360 g/mol. The van der Waals surface area contributed by atoms with Crippen molar-refractivity contribution in [3.63, 3.8) is 0 Å². The molecule has 1 aliphatic rings. The fourth-order valence-corrected chi connectivity index (χ4v) is 2.81. The zero-order valence-electron chi connectivity index (χ0n) is 13.8. The van der Waals surface area contributed by atoms with Gasteiger partial charge in [-0.1, -0.05) is 30.3 Å². The first-order valence-corrected chi connectivity index (χ1v) is 8.21. The maximum Gasteiger partial charge on any atom is 0.255 e. The average Bonchev–Trinajstić information content (AvgIpc) is 2.63. The zero-order valence-corrected chi connectivity index (χ0v) is 14.6. The molecular weight excluding hydrogens is 338 g/mol. The molecule has 1 fully saturated rings. The molecule has 0 aliphatic carbocycles.